The summed E-state index contributed by atoms with van der Waals surface area (Å²) < 4.78 is 12.2. The van der Waals surface area contributed by atoms with Crippen LogP contribution in [0.3, 0.4) is 0 Å². The van der Waals surface area contributed by atoms with Crippen LogP contribution in [-0.2, 0) is 4.57 Å². The smallest absolute Gasteiger partial charge is 0.298 e. The second-order valence-electron chi connectivity index (χ2n) is 3.94. The van der Waals surface area contributed by atoms with E-state index < -0.39 is 12.9 Å². The number of carbonyl (C=O) groups excluding carboxylic acids is 1. The van der Waals surface area contributed by atoms with E-state index in [0.717, 1.165) is 5.56 Å². The van der Waals surface area contributed by atoms with Gasteiger partial charge in [0.2, 0.25) is 0 Å². The van der Waals surface area contributed by atoms with Gasteiger partial charge in [-0.3, -0.25) is 9.36 Å². The Hall–Kier alpha value is -1.70. The molecule has 4 heteroatoms. The second-order valence-corrected chi connectivity index (χ2v) is 5.98. The molecule has 0 aliphatic carbocycles. The van der Waals surface area contributed by atoms with Crippen molar-refractivity contribution in [2.24, 2.45) is 0 Å². The molecule has 0 fully saturated rings. The standard InChI is InChI=1S/C13H9O3P/c14-13-11-7-2-1-5-9(11)10-6-3-4-8-12(10)17(13,15)16/h1-8H,(H,15,16). The molecule has 0 saturated heterocycles. The Labute approximate surface area is 98.2 Å². The maximum absolute atomic E-state index is 12.2. The fraction of sp³-hybridized carbons (Fsp3) is 0. The number of benzene rings is 2. The topological polar surface area (TPSA) is 54.4 Å². The molecule has 1 aliphatic heterocycles. The summed E-state index contributed by atoms with van der Waals surface area (Å²) in [5, 5.41) is 0.240. The molecule has 1 heterocycles. The zero-order valence-electron chi connectivity index (χ0n) is 8.83. The first-order chi connectivity index (χ1) is 8.12. The van der Waals surface area contributed by atoms with Crippen LogP contribution in [0, 0.1) is 0 Å². The summed E-state index contributed by atoms with van der Waals surface area (Å²) in [6.07, 6.45) is 0. The molecule has 1 unspecified atom stereocenters. The van der Waals surface area contributed by atoms with Crippen molar-refractivity contribution in [3.63, 3.8) is 0 Å². The Bertz CT molecular complexity index is 676. The lowest BCUT2D eigenvalue weighted by Gasteiger charge is -2.22. The van der Waals surface area contributed by atoms with Crippen LogP contribution in [0.25, 0.3) is 11.1 Å². The summed E-state index contributed by atoms with van der Waals surface area (Å²) in [6, 6.07) is 13.7. The Kier molecular flexibility index (Phi) is 2.09. The van der Waals surface area contributed by atoms with E-state index in [9.17, 15) is 14.3 Å². The van der Waals surface area contributed by atoms with Crippen molar-refractivity contribution < 1.29 is 14.3 Å². The quantitative estimate of drug-likeness (QED) is 0.724. The molecule has 2 aromatic rings. The molecule has 1 N–H and O–H groups in total. The molecule has 3 nitrogen and oxygen atoms in total. The summed E-state index contributed by atoms with van der Waals surface area (Å²) in [5.74, 6) is 0. The summed E-state index contributed by atoms with van der Waals surface area (Å²) in [4.78, 5) is 21.9. The molecule has 17 heavy (non-hydrogen) atoms. The van der Waals surface area contributed by atoms with Gasteiger partial charge in [0.15, 0.2) is 0 Å². The van der Waals surface area contributed by atoms with Crippen LogP contribution in [-0.4, -0.2) is 10.4 Å². The van der Waals surface area contributed by atoms with E-state index in [-0.39, 0.29) is 5.30 Å². The first-order valence-electron chi connectivity index (χ1n) is 5.19. The minimum absolute atomic E-state index is 0.240. The van der Waals surface area contributed by atoms with Crippen molar-refractivity contribution in [3.8, 4) is 11.1 Å². The fourth-order valence-electron chi connectivity index (χ4n) is 2.14. The van der Waals surface area contributed by atoms with Gasteiger partial charge in [0.1, 0.15) is 0 Å². The van der Waals surface area contributed by atoms with Crippen molar-refractivity contribution in [2.45, 2.75) is 0 Å². The molecular weight excluding hydrogens is 235 g/mol. The molecule has 0 amide bonds. The average molecular weight is 244 g/mol. The van der Waals surface area contributed by atoms with E-state index in [0.29, 0.717) is 11.1 Å². The van der Waals surface area contributed by atoms with Crippen LogP contribution < -0.4 is 5.30 Å². The minimum Gasteiger partial charge on any atom is -0.336 e. The maximum Gasteiger partial charge on any atom is 0.298 e. The average Bonchev–Trinajstić information content (AvgIpc) is 2.37. The van der Waals surface area contributed by atoms with Gasteiger partial charge in [0, 0.05) is 5.56 Å². The van der Waals surface area contributed by atoms with E-state index >= 15 is 0 Å². The van der Waals surface area contributed by atoms with Gasteiger partial charge < -0.3 is 4.89 Å². The summed E-state index contributed by atoms with van der Waals surface area (Å²) in [6.45, 7) is 0. The third-order valence-electron chi connectivity index (χ3n) is 2.95. The Morgan fingerprint density at radius 1 is 0.824 bits per heavy atom. The number of rotatable bonds is 0. The first-order valence-corrected chi connectivity index (χ1v) is 6.85. The number of fused-ring (bicyclic) bond motifs is 3. The predicted molar refractivity (Wildman–Crippen MR) is 65.7 cm³/mol. The third kappa shape index (κ3) is 1.33. The Balaban J connectivity index is 2.46. The molecule has 0 radical (unpaired) electrons. The zero-order valence-corrected chi connectivity index (χ0v) is 9.72. The highest BCUT2D eigenvalue weighted by molar-refractivity contribution is 7.83. The Morgan fingerprint density at radius 3 is 2.06 bits per heavy atom. The maximum atomic E-state index is 12.2. The van der Waals surface area contributed by atoms with Gasteiger partial charge >= 0.3 is 0 Å². The SMILES string of the molecule is O=C1c2ccccc2-c2ccccc2P1(=O)O. The zero-order chi connectivity index (χ0) is 12.0. The van der Waals surface area contributed by atoms with Crippen LogP contribution in [0.15, 0.2) is 48.5 Å². The molecule has 1 aliphatic rings. The van der Waals surface area contributed by atoms with Crippen LogP contribution in [0.4, 0.5) is 0 Å². The second kappa shape index (κ2) is 3.39. The molecule has 0 bridgehead atoms. The Morgan fingerprint density at radius 2 is 1.35 bits per heavy atom. The van der Waals surface area contributed by atoms with E-state index in [1.807, 2.05) is 6.07 Å². The lowest BCUT2D eigenvalue weighted by atomic mass is 10.00. The molecule has 0 spiro atoms. The normalized spacial score (nSPS) is 21.8. The third-order valence-corrected chi connectivity index (χ3v) is 4.79. The largest absolute Gasteiger partial charge is 0.336 e. The van der Waals surface area contributed by atoms with Crippen molar-refractivity contribution in [1.29, 1.82) is 0 Å². The van der Waals surface area contributed by atoms with Gasteiger partial charge in [-0.25, -0.2) is 0 Å². The van der Waals surface area contributed by atoms with Crippen LogP contribution in [0.5, 0.6) is 0 Å². The van der Waals surface area contributed by atoms with Crippen LogP contribution in [0.2, 0.25) is 0 Å². The summed E-state index contributed by atoms with van der Waals surface area (Å²) >= 11 is 0. The van der Waals surface area contributed by atoms with Crippen molar-refractivity contribution in [2.75, 3.05) is 0 Å². The fourth-order valence-corrected chi connectivity index (χ4v) is 3.69. The summed E-state index contributed by atoms with van der Waals surface area (Å²) in [5.41, 5.74) is 1.06. The number of hydrogen-bond donors (Lipinski definition) is 1. The lowest BCUT2D eigenvalue weighted by Crippen LogP contribution is -2.21. The highest BCUT2D eigenvalue weighted by Crippen LogP contribution is 2.50. The summed E-state index contributed by atoms with van der Waals surface area (Å²) in [7, 11) is -3.94. The first kappa shape index (κ1) is 10.5. The van der Waals surface area contributed by atoms with E-state index in [2.05, 4.69) is 0 Å². The van der Waals surface area contributed by atoms with Crippen LogP contribution in [0.1, 0.15) is 10.4 Å². The highest BCUT2D eigenvalue weighted by Gasteiger charge is 2.39. The van der Waals surface area contributed by atoms with Gasteiger partial charge in [-0.15, -0.1) is 0 Å². The van der Waals surface area contributed by atoms with Crippen molar-refractivity contribution in [3.05, 3.63) is 54.1 Å². The van der Waals surface area contributed by atoms with E-state index in [4.69, 9.17) is 0 Å². The molecule has 0 aromatic heterocycles. The molecule has 84 valence electrons. The van der Waals surface area contributed by atoms with E-state index in [1.54, 1.807) is 42.5 Å². The number of hydrogen-bond acceptors (Lipinski definition) is 2. The van der Waals surface area contributed by atoms with Gasteiger partial charge in [0.25, 0.3) is 12.9 Å². The minimum atomic E-state index is -3.94. The van der Waals surface area contributed by atoms with Gasteiger partial charge in [0.05, 0.1) is 5.30 Å². The van der Waals surface area contributed by atoms with Gasteiger partial charge in [-0.1, -0.05) is 42.5 Å². The molecule has 2 aromatic carbocycles. The van der Waals surface area contributed by atoms with Gasteiger partial charge in [-0.2, -0.15) is 0 Å². The van der Waals surface area contributed by atoms with Crippen molar-refractivity contribution in [1.82, 2.24) is 0 Å². The highest BCUT2D eigenvalue weighted by atomic mass is 31.2. The van der Waals surface area contributed by atoms with Gasteiger partial charge in [-0.05, 0) is 17.2 Å². The predicted octanol–water partition coefficient (Wildman–Crippen LogP) is 2.40. The molecular formula is C13H9O3P. The molecule has 0 saturated carbocycles. The number of carbonyl (C=O) groups is 1. The van der Waals surface area contributed by atoms with Crippen molar-refractivity contribution >= 4 is 18.2 Å². The lowest BCUT2D eigenvalue weighted by molar-refractivity contribution is 0.106. The van der Waals surface area contributed by atoms with Crippen LogP contribution >= 0.6 is 7.37 Å². The molecule has 3 rings (SSSR count). The molecule has 1 atom stereocenters. The van der Waals surface area contributed by atoms with E-state index in [1.165, 1.54) is 0 Å². The monoisotopic (exact) mass is 244 g/mol.